The van der Waals surface area contributed by atoms with Crippen molar-refractivity contribution in [2.45, 2.75) is 26.2 Å². The zero-order valence-corrected chi connectivity index (χ0v) is 7.76. The van der Waals surface area contributed by atoms with Gasteiger partial charge in [0.15, 0.2) is 0 Å². The van der Waals surface area contributed by atoms with Crippen LogP contribution in [0.15, 0.2) is 0 Å². The van der Waals surface area contributed by atoms with E-state index in [1.54, 1.807) is 0 Å². The Morgan fingerprint density at radius 1 is 1.58 bits per heavy atom. The molecule has 0 aliphatic rings. The van der Waals surface area contributed by atoms with Crippen molar-refractivity contribution in [2.24, 2.45) is 0 Å². The van der Waals surface area contributed by atoms with Crippen molar-refractivity contribution in [3.63, 3.8) is 0 Å². The summed E-state index contributed by atoms with van der Waals surface area (Å²) in [7, 11) is 0. The van der Waals surface area contributed by atoms with Gasteiger partial charge in [0.2, 0.25) is 0 Å². The lowest BCUT2D eigenvalue weighted by molar-refractivity contribution is -0.136. The second-order valence-electron chi connectivity index (χ2n) is 2.76. The molecule has 0 atom stereocenters. The van der Waals surface area contributed by atoms with Gasteiger partial charge in [-0.15, -0.1) is 21.5 Å². The SMILES string of the molecule is CC(C)c1nnc(CC(=O)O)s1. The Kier molecular flexibility index (Phi) is 2.75. The molecule has 4 nitrogen and oxygen atoms in total. The van der Waals surface area contributed by atoms with Crippen LogP contribution >= 0.6 is 11.3 Å². The van der Waals surface area contributed by atoms with Gasteiger partial charge in [0.05, 0.1) is 6.42 Å². The summed E-state index contributed by atoms with van der Waals surface area (Å²) < 4.78 is 0. The summed E-state index contributed by atoms with van der Waals surface area (Å²) in [6, 6.07) is 0. The number of nitrogens with zero attached hydrogens (tertiary/aromatic N) is 2. The fraction of sp³-hybridized carbons (Fsp3) is 0.571. The average Bonchev–Trinajstić information content (AvgIpc) is 2.34. The number of rotatable bonds is 3. The maximum absolute atomic E-state index is 10.3. The van der Waals surface area contributed by atoms with Crippen molar-refractivity contribution in [2.75, 3.05) is 0 Å². The lowest BCUT2D eigenvalue weighted by Gasteiger charge is -1.93. The third kappa shape index (κ3) is 2.27. The molecule has 0 aliphatic carbocycles. The van der Waals surface area contributed by atoms with Crippen LogP contribution in [0.1, 0.15) is 29.8 Å². The molecule has 12 heavy (non-hydrogen) atoms. The minimum absolute atomic E-state index is 0.0234. The standard InChI is InChI=1S/C7H10N2O2S/c1-4(2)7-9-8-5(12-7)3-6(10)11/h4H,3H2,1-2H3,(H,10,11). The van der Waals surface area contributed by atoms with Crippen molar-refractivity contribution in [1.29, 1.82) is 0 Å². The molecule has 0 spiro atoms. The number of hydrogen-bond acceptors (Lipinski definition) is 4. The third-order valence-electron chi connectivity index (χ3n) is 1.28. The van der Waals surface area contributed by atoms with Crippen molar-refractivity contribution < 1.29 is 9.90 Å². The lowest BCUT2D eigenvalue weighted by atomic mass is 10.2. The number of carboxylic acid groups (broad SMARTS) is 1. The van der Waals surface area contributed by atoms with Gasteiger partial charge in [-0.3, -0.25) is 4.79 Å². The van der Waals surface area contributed by atoms with Crippen LogP contribution < -0.4 is 0 Å². The smallest absolute Gasteiger partial charge is 0.310 e. The van der Waals surface area contributed by atoms with E-state index in [1.807, 2.05) is 13.8 Å². The van der Waals surface area contributed by atoms with E-state index in [1.165, 1.54) is 11.3 Å². The molecule has 0 fully saturated rings. The first-order chi connectivity index (χ1) is 5.59. The molecule has 0 aliphatic heterocycles. The van der Waals surface area contributed by atoms with Crippen molar-refractivity contribution in [3.05, 3.63) is 10.0 Å². The van der Waals surface area contributed by atoms with Crippen LogP contribution in [0.25, 0.3) is 0 Å². The highest BCUT2D eigenvalue weighted by Gasteiger charge is 2.09. The molecule has 0 aromatic carbocycles. The monoisotopic (exact) mass is 186 g/mol. The third-order valence-corrected chi connectivity index (χ3v) is 2.50. The summed E-state index contributed by atoms with van der Waals surface area (Å²) in [5, 5.41) is 17.6. The van der Waals surface area contributed by atoms with Crippen LogP contribution in [0.2, 0.25) is 0 Å². The summed E-state index contributed by atoms with van der Waals surface area (Å²) in [5.41, 5.74) is 0. The quantitative estimate of drug-likeness (QED) is 0.772. The Balaban J connectivity index is 2.70. The second-order valence-corrected chi connectivity index (χ2v) is 3.85. The molecule has 0 amide bonds. The summed E-state index contributed by atoms with van der Waals surface area (Å²) in [6.07, 6.45) is -0.0234. The Morgan fingerprint density at radius 3 is 2.67 bits per heavy atom. The van der Waals surface area contributed by atoms with Crippen LogP contribution in [0.5, 0.6) is 0 Å². The van der Waals surface area contributed by atoms with Crippen molar-refractivity contribution >= 4 is 17.3 Å². The van der Waals surface area contributed by atoms with Gasteiger partial charge in [0.25, 0.3) is 0 Å². The van der Waals surface area contributed by atoms with Gasteiger partial charge in [0, 0.05) is 5.92 Å². The predicted molar refractivity (Wildman–Crippen MR) is 45.3 cm³/mol. The predicted octanol–water partition coefficient (Wildman–Crippen LogP) is 1.29. The minimum Gasteiger partial charge on any atom is -0.481 e. The molecule has 5 heteroatoms. The van der Waals surface area contributed by atoms with Crippen LogP contribution in [0.3, 0.4) is 0 Å². The van der Waals surface area contributed by atoms with Crippen molar-refractivity contribution in [1.82, 2.24) is 10.2 Å². The molecular formula is C7H10N2O2S. The molecule has 0 radical (unpaired) electrons. The molecule has 66 valence electrons. The molecule has 0 saturated heterocycles. The normalized spacial score (nSPS) is 10.6. The van der Waals surface area contributed by atoms with E-state index in [-0.39, 0.29) is 6.42 Å². The topological polar surface area (TPSA) is 63.1 Å². The van der Waals surface area contributed by atoms with Gasteiger partial charge in [-0.2, -0.15) is 0 Å². The van der Waals surface area contributed by atoms with E-state index in [4.69, 9.17) is 5.11 Å². The number of carbonyl (C=O) groups is 1. The zero-order valence-electron chi connectivity index (χ0n) is 6.94. The van der Waals surface area contributed by atoms with E-state index < -0.39 is 5.97 Å². The van der Waals surface area contributed by atoms with Gasteiger partial charge < -0.3 is 5.11 Å². The summed E-state index contributed by atoms with van der Waals surface area (Å²) in [4.78, 5) is 10.3. The van der Waals surface area contributed by atoms with E-state index >= 15 is 0 Å². The molecule has 0 bridgehead atoms. The second kappa shape index (κ2) is 3.62. The van der Waals surface area contributed by atoms with Gasteiger partial charge in [0.1, 0.15) is 10.0 Å². The minimum atomic E-state index is -0.860. The van der Waals surface area contributed by atoms with E-state index in [9.17, 15) is 4.79 Å². The summed E-state index contributed by atoms with van der Waals surface area (Å²) in [6.45, 7) is 4.01. The molecule has 1 rings (SSSR count). The molecule has 0 saturated carbocycles. The number of hydrogen-bond donors (Lipinski definition) is 1. The van der Waals surface area contributed by atoms with Crippen LogP contribution in [0, 0.1) is 0 Å². The molecule has 1 heterocycles. The first-order valence-electron chi connectivity index (χ1n) is 3.63. The van der Waals surface area contributed by atoms with E-state index in [0.717, 1.165) is 5.01 Å². The highest BCUT2D eigenvalue weighted by Crippen LogP contribution is 2.18. The van der Waals surface area contributed by atoms with Crippen molar-refractivity contribution in [3.8, 4) is 0 Å². The first kappa shape index (κ1) is 9.12. The van der Waals surface area contributed by atoms with Gasteiger partial charge in [-0.1, -0.05) is 13.8 Å². The molecule has 1 aromatic rings. The van der Waals surface area contributed by atoms with E-state index in [0.29, 0.717) is 10.9 Å². The Bertz CT molecular complexity index is 283. The highest BCUT2D eigenvalue weighted by molar-refractivity contribution is 7.11. The molecule has 1 aromatic heterocycles. The average molecular weight is 186 g/mol. The van der Waals surface area contributed by atoms with Gasteiger partial charge in [-0.25, -0.2) is 0 Å². The maximum Gasteiger partial charge on any atom is 0.310 e. The molecular weight excluding hydrogens is 176 g/mol. The maximum atomic E-state index is 10.3. The lowest BCUT2D eigenvalue weighted by Crippen LogP contribution is -1.98. The Hall–Kier alpha value is -0.970. The van der Waals surface area contributed by atoms with Gasteiger partial charge in [-0.05, 0) is 0 Å². The van der Waals surface area contributed by atoms with E-state index in [2.05, 4.69) is 10.2 Å². The summed E-state index contributed by atoms with van der Waals surface area (Å²) in [5.74, 6) is -0.536. The zero-order chi connectivity index (χ0) is 9.14. The highest BCUT2D eigenvalue weighted by atomic mass is 32.1. The molecule has 0 unspecified atom stereocenters. The van der Waals surface area contributed by atoms with Crippen LogP contribution in [-0.2, 0) is 11.2 Å². The van der Waals surface area contributed by atoms with Gasteiger partial charge >= 0.3 is 5.97 Å². The van der Waals surface area contributed by atoms with Crippen LogP contribution in [0.4, 0.5) is 0 Å². The number of aromatic nitrogens is 2. The first-order valence-corrected chi connectivity index (χ1v) is 4.45. The number of carboxylic acids is 1. The number of aliphatic carboxylic acids is 1. The Morgan fingerprint density at radius 2 is 2.25 bits per heavy atom. The Labute approximate surface area is 74.3 Å². The fourth-order valence-corrected chi connectivity index (χ4v) is 1.54. The fourth-order valence-electron chi connectivity index (χ4n) is 0.701. The summed E-state index contributed by atoms with van der Waals surface area (Å²) >= 11 is 1.37. The van der Waals surface area contributed by atoms with Crippen LogP contribution in [-0.4, -0.2) is 21.3 Å². The molecule has 1 N–H and O–H groups in total. The largest absolute Gasteiger partial charge is 0.481 e.